The highest BCUT2D eigenvalue weighted by Gasteiger charge is 2.05. The molecule has 0 radical (unpaired) electrons. The van der Waals surface area contributed by atoms with E-state index in [1.54, 1.807) is 0 Å². The molecule has 0 amide bonds. The lowest BCUT2D eigenvalue weighted by atomic mass is 10.2. The summed E-state index contributed by atoms with van der Waals surface area (Å²) in [6.45, 7) is 0.416. The lowest BCUT2D eigenvalue weighted by Gasteiger charge is -2.05. The van der Waals surface area contributed by atoms with E-state index >= 15 is 0 Å². The molecule has 1 heterocycles. The molecule has 0 saturated heterocycles. The first-order valence-electron chi connectivity index (χ1n) is 4.64. The molecule has 0 aliphatic carbocycles. The Morgan fingerprint density at radius 3 is 2.69 bits per heavy atom. The van der Waals surface area contributed by atoms with Crippen LogP contribution in [-0.2, 0) is 6.54 Å². The maximum Gasteiger partial charge on any atom is 0.281 e. The van der Waals surface area contributed by atoms with Gasteiger partial charge in [-0.05, 0) is 27.6 Å². The predicted octanol–water partition coefficient (Wildman–Crippen LogP) is 2.71. The summed E-state index contributed by atoms with van der Waals surface area (Å²) in [5, 5.41) is 4.26. The van der Waals surface area contributed by atoms with E-state index in [4.69, 9.17) is 11.6 Å². The van der Waals surface area contributed by atoms with Crippen molar-refractivity contribution in [3.8, 4) is 0 Å². The fourth-order valence-corrected chi connectivity index (χ4v) is 2.10. The molecule has 3 nitrogen and oxygen atoms in total. The van der Waals surface area contributed by atoms with Gasteiger partial charge in [0.15, 0.2) is 5.15 Å². The number of hydrogen-bond acceptors (Lipinski definition) is 2. The molecule has 2 aromatic rings. The van der Waals surface area contributed by atoms with Gasteiger partial charge < -0.3 is 0 Å². The highest BCUT2D eigenvalue weighted by Crippen LogP contribution is 2.09. The Labute approximate surface area is 106 Å². The Balaban J connectivity index is 2.39. The maximum atomic E-state index is 11.7. The van der Waals surface area contributed by atoms with Crippen LogP contribution in [0.15, 0.2) is 45.7 Å². The first-order valence-corrected chi connectivity index (χ1v) is 5.81. The van der Waals surface area contributed by atoms with Gasteiger partial charge in [-0.1, -0.05) is 41.9 Å². The fourth-order valence-electron chi connectivity index (χ4n) is 1.34. The van der Waals surface area contributed by atoms with Gasteiger partial charge in [0.05, 0.1) is 11.0 Å². The second kappa shape index (κ2) is 4.80. The predicted molar refractivity (Wildman–Crippen MR) is 66.8 cm³/mol. The molecule has 0 aliphatic rings. The molecule has 5 heteroatoms. The van der Waals surface area contributed by atoms with Crippen LogP contribution >= 0.6 is 27.5 Å². The Kier molecular flexibility index (Phi) is 3.41. The van der Waals surface area contributed by atoms with Crippen molar-refractivity contribution < 1.29 is 0 Å². The molecule has 82 valence electrons. The minimum absolute atomic E-state index is 0.187. The summed E-state index contributed by atoms with van der Waals surface area (Å²) < 4.78 is 1.75. The van der Waals surface area contributed by atoms with E-state index in [1.807, 2.05) is 30.3 Å². The minimum Gasteiger partial charge on any atom is -0.266 e. The maximum absolute atomic E-state index is 11.7. The third-order valence-electron chi connectivity index (χ3n) is 2.08. The van der Waals surface area contributed by atoms with Gasteiger partial charge in [0.1, 0.15) is 0 Å². The van der Waals surface area contributed by atoms with Gasteiger partial charge in [0.2, 0.25) is 0 Å². The molecule has 0 unspecified atom stereocenters. The van der Waals surface area contributed by atoms with Crippen molar-refractivity contribution in [2.45, 2.75) is 6.54 Å². The van der Waals surface area contributed by atoms with E-state index in [2.05, 4.69) is 21.0 Å². The van der Waals surface area contributed by atoms with E-state index in [1.165, 1.54) is 10.7 Å². The van der Waals surface area contributed by atoms with E-state index in [-0.39, 0.29) is 5.56 Å². The molecule has 0 saturated carbocycles. The first-order chi connectivity index (χ1) is 7.66. The molecule has 0 fully saturated rings. The smallest absolute Gasteiger partial charge is 0.266 e. The summed E-state index contributed by atoms with van der Waals surface area (Å²) in [6, 6.07) is 11.1. The summed E-state index contributed by atoms with van der Waals surface area (Å²) in [5.74, 6) is 0. The average molecular weight is 300 g/mol. The van der Waals surface area contributed by atoms with Crippen molar-refractivity contribution in [3.05, 3.63) is 61.9 Å². The summed E-state index contributed by atoms with van der Waals surface area (Å²) in [4.78, 5) is 11.7. The third-order valence-corrected chi connectivity index (χ3v) is 2.83. The largest absolute Gasteiger partial charge is 0.281 e. The van der Waals surface area contributed by atoms with Crippen molar-refractivity contribution in [1.82, 2.24) is 9.78 Å². The summed E-state index contributed by atoms with van der Waals surface area (Å²) in [7, 11) is 0. The van der Waals surface area contributed by atoms with Crippen LogP contribution in [0.25, 0.3) is 0 Å². The zero-order valence-corrected chi connectivity index (χ0v) is 10.6. The van der Waals surface area contributed by atoms with E-state index in [9.17, 15) is 4.79 Å². The zero-order valence-electron chi connectivity index (χ0n) is 8.23. The number of hydrogen-bond donors (Lipinski definition) is 0. The molecule has 0 aliphatic heterocycles. The van der Waals surface area contributed by atoms with Crippen LogP contribution in [0.5, 0.6) is 0 Å². The molecule has 2 rings (SSSR count). The van der Waals surface area contributed by atoms with Gasteiger partial charge >= 0.3 is 0 Å². The molecule has 1 aromatic carbocycles. The van der Waals surface area contributed by atoms with Gasteiger partial charge in [0.25, 0.3) is 5.56 Å². The quantitative estimate of drug-likeness (QED) is 0.854. The lowest BCUT2D eigenvalue weighted by Crippen LogP contribution is -2.23. The normalized spacial score (nSPS) is 10.4. The SMILES string of the molecule is O=c1c(Br)cc(Cl)nn1Cc1ccccc1. The van der Waals surface area contributed by atoms with E-state index < -0.39 is 0 Å². The van der Waals surface area contributed by atoms with Crippen LogP contribution in [-0.4, -0.2) is 9.78 Å². The zero-order chi connectivity index (χ0) is 11.5. The van der Waals surface area contributed by atoms with Gasteiger partial charge in [-0.15, -0.1) is 0 Å². The third kappa shape index (κ3) is 2.51. The van der Waals surface area contributed by atoms with Gasteiger partial charge in [-0.2, -0.15) is 5.10 Å². The monoisotopic (exact) mass is 298 g/mol. The molecule has 16 heavy (non-hydrogen) atoms. The molecule has 0 bridgehead atoms. The van der Waals surface area contributed by atoms with Crippen LogP contribution in [0.4, 0.5) is 0 Å². The van der Waals surface area contributed by atoms with E-state index in [0.717, 1.165) is 5.56 Å². The highest BCUT2D eigenvalue weighted by molar-refractivity contribution is 9.10. The Morgan fingerprint density at radius 1 is 1.31 bits per heavy atom. The van der Waals surface area contributed by atoms with E-state index in [0.29, 0.717) is 16.2 Å². The second-order valence-electron chi connectivity index (χ2n) is 3.26. The van der Waals surface area contributed by atoms with Crippen molar-refractivity contribution in [3.63, 3.8) is 0 Å². The standard InChI is InChI=1S/C11H8BrClN2O/c12-9-6-10(13)14-15(11(9)16)7-8-4-2-1-3-5-8/h1-6H,7H2. The number of halogens is 2. The number of nitrogens with zero attached hydrogens (tertiary/aromatic N) is 2. The summed E-state index contributed by atoms with van der Waals surface area (Å²) >= 11 is 8.94. The van der Waals surface area contributed by atoms with Crippen LogP contribution in [0.1, 0.15) is 5.56 Å². The number of aromatic nitrogens is 2. The Bertz CT molecular complexity index is 554. The van der Waals surface area contributed by atoms with Gasteiger partial charge in [-0.3, -0.25) is 4.79 Å². The number of benzene rings is 1. The molecular weight excluding hydrogens is 291 g/mol. The van der Waals surface area contributed by atoms with Gasteiger partial charge in [-0.25, -0.2) is 4.68 Å². The molecule has 0 atom stereocenters. The topological polar surface area (TPSA) is 34.9 Å². The van der Waals surface area contributed by atoms with Crippen LogP contribution in [0, 0.1) is 0 Å². The highest BCUT2D eigenvalue weighted by atomic mass is 79.9. The molecule has 1 aromatic heterocycles. The van der Waals surface area contributed by atoms with Crippen molar-refractivity contribution in [2.75, 3.05) is 0 Å². The number of rotatable bonds is 2. The first kappa shape index (κ1) is 11.4. The van der Waals surface area contributed by atoms with Gasteiger partial charge in [0, 0.05) is 0 Å². The molecular formula is C11H8BrClN2O. The fraction of sp³-hybridized carbons (Fsp3) is 0.0909. The van der Waals surface area contributed by atoms with Crippen molar-refractivity contribution >= 4 is 27.5 Å². The Hall–Kier alpha value is -1.13. The van der Waals surface area contributed by atoms with Crippen LogP contribution in [0.2, 0.25) is 5.15 Å². The minimum atomic E-state index is -0.187. The van der Waals surface area contributed by atoms with Crippen molar-refractivity contribution in [1.29, 1.82) is 0 Å². The van der Waals surface area contributed by atoms with Crippen LogP contribution in [0.3, 0.4) is 0 Å². The lowest BCUT2D eigenvalue weighted by molar-refractivity contribution is 0.636. The molecule has 0 spiro atoms. The summed E-state index contributed by atoms with van der Waals surface area (Å²) in [6.07, 6.45) is 0. The van der Waals surface area contributed by atoms with Crippen LogP contribution < -0.4 is 5.56 Å². The second-order valence-corrected chi connectivity index (χ2v) is 4.50. The average Bonchev–Trinajstić information content (AvgIpc) is 2.27. The van der Waals surface area contributed by atoms with Crippen molar-refractivity contribution in [2.24, 2.45) is 0 Å². The Morgan fingerprint density at radius 2 is 2.00 bits per heavy atom. The summed E-state index contributed by atoms with van der Waals surface area (Å²) in [5.41, 5.74) is 0.819. The molecule has 0 N–H and O–H groups in total.